The highest BCUT2D eigenvalue weighted by atomic mass is 16.4. The maximum atomic E-state index is 6.75. The lowest BCUT2D eigenvalue weighted by atomic mass is 9.87. The van der Waals surface area contributed by atoms with Crippen LogP contribution in [0.25, 0.3) is 0 Å². The van der Waals surface area contributed by atoms with Gasteiger partial charge in [0.2, 0.25) is 0 Å². The number of furan rings is 9. The van der Waals surface area contributed by atoms with Gasteiger partial charge in [-0.15, -0.1) is 0 Å². The SMILES string of the molecule is CC(C)(c1ccco1)c1ccc(C(C)(C)c2ccc(C(C)(C)c3ccc(C(C)(C)c4ccc(C(C)(C)c5ccc(C(C)(C)c6ccc(C(C)(C)c7ccc(C(C)(C)c8ccco8)o7)o6)o5)o4)o3)o2)o1. The van der Waals surface area contributed by atoms with Crippen LogP contribution in [-0.4, -0.2) is 0 Å². The Bertz CT molecular complexity index is 2960. The van der Waals surface area contributed by atoms with Gasteiger partial charge in [0.15, 0.2) is 0 Å². The zero-order valence-electron chi connectivity index (χ0n) is 43.2. The molecule has 0 aliphatic carbocycles. The van der Waals surface area contributed by atoms with Crippen LogP contribution in [0.2, 0.25) is 0 Å². The maximum absolute atomic E-state index is 6.75. The van der Waals surface area contributed by atoms with Crippen LogP contribution in [0.5, 0.6) is 0 Å². The second kappa shape index (κ2) is 16.0. The van der Waals surface area contributed by atoms with Crippen LogP contribution in [-0.2, 0) is 43.3 Å². The van der Waals surface area contributed by atoms with Crippen LogP contribution >= 0.6 is 0 Å². The third-order valence-corrected chi connectivity index (χ3v) is 15.1. The molecule has 69 heavy (non-hydrogen) atoms. The molecule has 0 saturated heterocycles. The summed E-state index contributed by atoms with van der Waals surface area (Å²) in [5.74, 6) is 12.9. The van der Waals surface area contributed by atoms with Gasteiger partial charge < -0.3 is 39.8 Å². The van der Waals surface area contributed by atoms with E-state index in [1.54, 1.807) is 12.5 Å². The molecular formula is C60H68O9. The van der Waals surface area contributed by atoms with Crippen LogP contribution in [0.1, 0.15) is 203 Å². The fraction of sp³-hybridized carbons (Fsp3) is 0.400. The molecule has 362 valence electrons. The fourth-order valence-electron chi connectivity index (χ4n) is 9.31. The highest BCUT2D eigenvalue weighted by Crippen LogP contribution is 2.46. The van der Waals surface area contributed by atoms with E-state index in [0.29, 0.717) is 0 Å². The predicted octanol–water partition coefficient (Wildman–Crippen LogP) is 16.6. The van der Waals surface area contributed by atoms with Gasteiger partial charge in [-0.3, -0.25) is 0 Å². The van der Waals surface area contributed by atoms with Crippen molar-refractivity contribution in [3.63, 3.8) is 0 Å². The van der Waals surface area contributed by atoms with E-state index in [-0.39, 0.29) is 0 Å². The van der Waals surface area contributed by atoms with Crippen LogP contribution in [0.4, 0.5) is 0 Å². The van der Waals surface area contributed by atoms with E-state index < -0.39 is 43.3 Å². The summed E-state index contributed by atoms with van der Waals surface area (Å²) < 4.78 is 58.1. The van der Waals surface area contributed by atoms with Gasteiger partial charge in [0.1, 0.15) is 92.2 Å². The first-order chi connectivity index (χ1) is 32.2. The molecule has 0 aromatic carbocycles. The third-order valence-electron chi connectivity index (χ3n) is 15.1. The minimum Gasteiger partial charge on any atom is -0.468 e. The van der Waals surface area contributed by atoms with Gasteiger partial charge >= 0.3 is 0 Å². The zero-order chi connectivity index (χ0) is 49.7. The molecule has 0 fully saturated rings. The third kappa shape index (κ3) is 7.86. The molecule has 9 heterocycles. The molecule has 9 nitrogen and oxygen atoms in total. The van der Waals surface area contributed by atoms with Gasteiger partial charge in [0, 0.05) is 0 Å². The van der Waals surface area contributed by atoms with E-state index >= 15 is 0 Å². The number of rotatable bonds is 16. The van der Waals surface area contributed by atoms with E-state index in [4.69, 9.17) is 39.8 Å². The smallest absolute Gasteiger partial charge is 0.117 e. The topological polar surface area (TPSA) is 118 Å². The van der Waals surface area contributed by atoms with E-state index in [0.717, 1.165) is 92.2 Å². The van der Waals surface area contributed by atoms with E-state index in [9.17, 15) is 0 Å². The number of hydrogen-bond donors (Lipinski definition) is 0. The summed E-state index contributed by atoms with van der Waals surface area (Å²) in [4.78, 5) is 0. The van der Waals surface area contributed by atoms with Crippen LogP contribution in [0, 0.1) is 0 Å². The monoisotopic (exact) mass is 932 g/mol. The first-order valence-corrected chi connectivity index (χ1v) is 24.0. The Morgan fingerprint density at radius 3 is 0.435 bits per heavy atom. The Labute approximate surface area is 406 Å². The molecule has 0 aliphatic rings. The average molecular weight is 933 g/mol. The van der Waals surface area contributed by atoms with Crippen LogP contribution < -0.4 is 0 Å². The Morgan fingerprint density at radius 2 is 0.319 bits per heavy atom. The van der Waals surface area contributed by atoms with E-state index in [2.05, 4.69) is 111 Å². The fourth-order valence-corrected chi connectivity index (χ4v) is 9.31. The lowest BCUT2D eigenvalue weighted by Crippen LogP contribution is -2.21. The predicted molar refractivity (Wildman–Crippen MR) is 265 cm³/mol. The van der Waals surface area contributed by atoms with Crippen molar-refractivity contribution in [2.45, 2.75) is 154 Å². The molecular weight excluding hydrogens is 865 g/mol. The highest BCUT2D eigenvalue weighted by Gasteiger charge is 2.42. The van der Waals surface area contributed by atoms with E-state index in [1.165, 1.54) is 0 Å². The van der Waals surface area contributed by atoms with Gasteiger partial charge in [-0.2, -0.15) is 0 Å². The molecule has 0 atom stereocenters. The molecule has 0 amide bonds. The summed E-state index contributed by atoms with van der Waals surface area (Å²) in [6.07, 6.45) is 3.38. The molecule has 9 rings (SSSR count). The molecule has 0 N–H and O–H groups in total. The molecule has 9 aromatic heterocycles. The molecule has 0 saturated carbocycles. The quantitative estimate of drug-likeness (QED) is 0.0933. The standard InChI is InChI=1S/C60H68O9/c1-53(2,37-19-17-35-61-37)39-21-23-41(63-39)55(5,6)43-25-27-45(65-43)57(9,10)47-29-31-49(67-47)59(13,14)51-33-34-52(69-51)60(15,16)50-32-30-48(68-50)58(11,12)46-28-26-44(66-46)56(7,8)42-24-22-40(64-42)54(3,4)38-20-18-36-62-38/h17-36H,1-16H3. The molecule has 9 aromatic rings. The lowest BCUT2D eigenvalue weighted by molar-refractivity contribution is 0.277. The molecule has 9 heteroatoms. The number of hydrogen-bond acceptors (Lipinski definition) is 9. The van der Waals surface area contributed by atoms with Crippen LogP contribution in [0.3, 0.4) is 0 Å². The Hall–Kier alpha value is -6.48. The van der Waals surface area contributed by atoms with Gasteiger partial charge in [0.05, 0.1) is 55.8 Å². The second-order valence-electron chi connectivity index (χ2n) is 23.1. The normalized spacial score (nSPS) is 13.8. The van der Waals surface area contributed by atoms with E-state index in [1.807, 2.05) is 109 Å². The summed E-state index contributed by atoms with van der Waals surface area (Å²) in [5, 5.41) is 0. The first kappa shape index (κ1) is 47.6. The van der Waals surface area contributed by atoms with Crippen molar-refractivity contribution >= 4 is 0 Å². The lowest BCUT2D eigenvalue weighted by Gasteiger charge is -2.25. The molecule has 0 unspecified atom stereocenters. The van der Waals surface area contributed by atoms with Crippen molar-refractivity contribution in [3.05, 3.63) is 214 Å². The zero-order valence-corrected chi connectivity index (χ0v) is 43.2. The van der Waals surface area contributed by atoms with Gasteiger partial charge in [0.25, 0.3) is 0 Å². The first-order valence-electron chi connectivity index (χ1n) is 24.0. The molecule has 0 radical (unpaired) electrons. The summed E-state index contributed by atoms with van der Waals surface area (Å²) >= 11 is 0. The summed E-state index contributed by atoms with van der Waals surface area (Å²) in [6.45, 7) is 33.8. The maximum Gasteiger partial charge on any atom is 0.117 e. The summed E-state index contributed by atoms with van der Waals surface area (Å²) in [5.41, 5.74) is -4.24. The van der Waals surface area contributed by atoms with Crippen molar-refractivity contribution in [1.82, 2.24) is 0 Å². The van der Waals surface area contributed by atoms with Crippen molar-refractivity contribution in [2.24, 2.45) is 0 Å². The van der Waals surface area contributed by atoms with Crippen molar-refractivity contribution in [1.29, 1.82) is 0 Å². The van der Waals surface area contributed by atoms with Crippen molar-refractivity contribution in [2.75, 3.05) is 0 Å². The van der Waals surface area contributed by atoms with Gasteiger partial charge in [-0.05, 0) is 220 Å². The Balaban J connectivity index is 0.892. The summed E-state index contributed by atoms with van der Waals surface area (Å²) in [7, 11) is 0. The largest absolute Gasteiger partial charge is 0.468 e. The van der Waals surface area contributed by atoms with Crippen molar-refractivity contribution in [3.8, 4) is 0 Å². The second-order valence-corrected chi connectivity index (χ2v) is 23.1. The van der Waals surface area contributed by atoms with Crippen molar-refractivity contribution < 1.29 is 39.8 Å². The average Bonchev–Trinajstić information content (AvgIpc) is 4.17. The van der Waals surface area contributed by atoms with Gasteiger partial charge in [-0.1, -0.05) is 0 Å². The van der Waals surface area contributed by atoms with Gasteiger partial charge in [-0.25, -0.2) is 0 Å². The highest BCUT2D eigenvalue weighted by molar-refractivity contribution is 5.39. The van der Waals surface area contributed by atoms with Crippen LogP contribution in [0.15, 0.2) is 161 Å². The molecule has 0 bridgehead atoms. The minimum absolute atomic E-state index is 0.423. The Kier molecular flexibility index (Phi) is 11.1. The Morgan fingerprint density at radius 1 is 0.188 bits per heavy atom. The summed E-state index contributed by atoms with van der Waals surface area (Å²) in [6, 6.07) is 36.3. The molecule has 0 aliphatic heterocycles. The minimum atomic E-state index is -0.590. The molecule has 0 spiro atoms.